The molecule has 0 spiro atoms. The maximum atomic E-state index is 5.65. The predicted octanol–water partition coefficient (Wildman–Crippen LogP) is 16.5. The van der Waals surface area contributed by atoms with Crippen LogP contribution in [0.2, 0.25) is 0 Å². The lowest BCUT2D eigenvalue weighted by molar-refractivity contribution is 0.769. The Kier molecular flexibility index (Phi) is 8.37. The Balaban J connectivity index is 1.03. The molecule has 10 aromatic carbocycles. The second kappa shape index (κ2) is 14.8. The van der Waals surface area contributed by atoms with Crippen LogP contribution < -0.4 is 0 Å². The molecular weight excluding hydrogens is 831 g/mol. The van der Waals surface area contributed by atoms with Gasteiger partial charge in [0.05, 0.1) is 27.7 Å². The maximum absolute atomic E-state index is 5.65. The van der Waals surface area contributed by atoms with Crippen LogP contribution in [-0.2, 0) is 5.41 Å². The summed E-state index contributed by atoms with van der Waals surface area (Å²) in [5.74, 6) is 0.920. The van der Waals surface area contributed by atoms with E-state index in [0.29, 0.717) is 0 Å². The molecule has 0 saturated carbocycles. The van der Waals surface area contributed by atoms with E-state index in [0.717, 1.165) is 61.2 Å². The minimum absolute atomic E-state index is 0.526. The second-order valence-electron chi connectivity index (χ2n) is 17.6. The molecule has 1 aliphatic carbocycles. The van der Waals surface area contributed by atoms with Crippen LogP contribution in [0.15, 0.2) is 237 Å². The van der Waals surface area contributed by atoms with Crippen LogP contribution in [-0.4, -0.2) is 14.5 Å². The van der Waals surface area contributed by atoms with Gasteiger partial charge in [0.15, 0.2) is 0 Å². The summed E-state index contributed by atoms with van der Waals surface area (Å²) < 4.78 is 4.82. The van der Waals surface area contributed by atoms with Gasteiger partial charge in [0, 0.05) is 58.7 Å². The zero-order valence-corrected chi connectivity index (χ0v) is 37.1. The first kappa shape index (κ1) is 37.9. The maximum Gasteiger partial charge on any atom is 0.145 e. The van der Waals surface area contributed by atoms with E-state index in [9.17, 15) is 0 Å². The highest BCUT2D eigenvalue weighted by atomic mass is 32.1. The van der Waals surface area contributed by atoms with E-state index in [4.69, 9.17) is 9.97 Å². The third kappa shape index (κ3) is 5.57. The molecule has 3 aromatic heterocycles. The van der Waals surface area contributed by atoms with Gasteiger partial charge in [0.25, 0.3) is 0 Å². The molecule has 0 bridgehead atoms. The lowest BCUT2D eigenvalue weighted by atomic mass is 9.67. The molecule has 0 amide bonds. The number of para-hydroxylation sites is 4. The lowest BCUT2D eigenvalue weighted by Gasteiger charge is -2.34. The molecule has 312 valence electrons. The van der Waals surface area contributed by atoms with E-state index in [1.54, 1.807) is 0 Å². The third-order valence-corrected chi connectivity index (χ3v) is 15.3. The Bertz CT molecular complexity index is 4040. The number of hydrogen-bond acceptors (Lipinski definition) is 3. The summed E-state index contributed by atoms with van der Waals surface area (Å²) in [6.45, 7) is 0. The first-order valence-corrected chi connectivity index (χ1v) is 23.7. The second-order valence-corrected chi connectivity index (χ2v) is 18.6. The van der Waals surface area contributed by atoms with Crippen molar-refractivity contribution in [2.75, 3.05) is 0 Å². The van der Waals surface area contributed by atoms with Crippen molar-refractivity contribution >= 4 is 64.2 Å². The molecule has 0 fully saturated rings. The minimum atomic E-state index is -0.526. The molecule has 0 atom stereocenters. The highest BCUT2D eigenvalue weighted by Crippen LogP contribution is 2.57. The van der Waals surface area contributed by atoms with Crippen LogP contribution in [0.25, 0.3) is 103 Å². The van der Waals surface area contributed by atoms with Gasteiger partial charge in [-0.3, -0.25) is 4.57 Å². The van der Waals surface area contributed by atoms with Crippen LogP contribution in [0.3, 0.4) is 0 Å². The van der Waals surface area contributed by atoms with Gasteiger partial charge in [-0.2, -0.15) is 0 Å². The highest BCUT2D eigenvalue weighted by molar-refractivity contribution is 7.26. The van der Waals surface area contributed by atoms with Crippen LogP contribution in [0.4, 0.5) is 0 Å². The Hall–Kier alpha value is -8.44. The third-order valence-electron chi connectivity index (χ3n) is 14.1. The Morgan fingerprint density at radius 1 is 0.388 bits per heavy atom. The quantitative estimate of drug-likeness (QED) is 0.156. The molecule has 0 unspecified atom stereocenters. The molecule has 13 aromatic rings. The summed E-state index contributed by atoms with van der Waals surface area (Å²) in [5.41, 5.74) is 16.7. The lowest BCUT2D eigenvalue weighted by Crippen LogP contribution is -2.28. The normalized spacial score (nSPS) is 12.9. The fourth-order valence-electron chi connectivity index (χ4n) is 11.2. The summed E-state index contributed by atoms with van der Waals surface area (Å²) in [6.07, 6.45) is 0. The number of thiophene rings is 1. The van der Waals surface area contributed by atoms with E-state index in [-0.39, 0.29) is 0 Å². The number of benzene rings is 10. The van der Waals surface area contributed by atoms with Gasteiger partial charge in [-0.05, 0) is 87.5 Å². The molecule has 3 nitrogen and oxygen atoms in total. The zero-order valence-electron chi connectivity index (χ0n) is 36.3. The van der Waals surface area contributed by atoms with E-state index < -0.39 is 5.41 Å². The standard InChI is InChI=1S/C63H39N3S/c1-4-18-43(19-5-1)63(44-20-6-2-7-21-44)52-27-13-10-24-46(52)47-37-36-42(38-53(47)63)60-51-39-50(61-59(49-26-12-17-31-57(49)67-61)58(51)48-25-11-14-28-54(48)64-60)40-32-34-41(35-33-40)62-65-55-29-15-16-30-56(55)66(62)45-22-8-3-9-23-45/h1-39H. The van der Waals surface area contributed by atoms with Crippen molar-refractivity contribution < 1.29 is 0 Å². The summed E-state index contributed by atoms with van der Waals surface area (Å²) in [7, 11) is 0. The monoisotopic (exact) mass is 869 g/mol. The van der Waals surface area contributed by atoms with Gasteiger partial charge in [-0.25, -0.2) is 9.97 Å². The van der Waals surface area contributed by atoms with Crippen molar-refractivity contribution in [2.24, 2.45) is 0 Å². The summed E-state index contributed by atoms with van der Waals surface area (Å²) in [6, 6.07) is 86.2. The van der Waals surface area contributed by atoms with Gasteiger partial charge >= 0.3 is 0 Å². The molecule has 0 aliphatic heterocycles. The molecule has 67 heavy (non-hydrogen) atoms. The SMILES string of the molecule is c1ccc(-n2c(-c3ccc(-c4cc5c(-c6ccc7c(c6)C(c6ccccc6)(c6ccccc6)c6ccccc6-7)nc6ccccc6c5c5c4sc4ccccc45)cc3)nc3ccccc32)cc1. The number of rotatable bonds is 6. The molecule has 3 heterocycles. The number of aromatic nitrogens is 3. The Morgan fingerprint density at radius 2 is 0.985 bits per heavy atom. The number of fused-ring (bicyclic) bond motifs is 11. The van der Waals surface area contributed by atoms with Gasteiger partial charge in [0.2, 0.25) is 0 Å². The molecule has 0 saturated heterocycles. The fourth-order valence-corrected chi connectivity index (χ4v) is 12.5. The summed E-state index contributed by atoms with van der Waals surface area (Å²) in [5, 5.41) is 6.08. The minimum Gasteiger partial charge on any atom is -0.292 e. The first-order chi connectivity index (χ1) is 33.2. The molecule has 4 heteroatoms. The molecule has 1 aliphatic rings. The van der Waals surface area contributed by atoms with Gasteiger partial charge in [-0.1, -0.05) is 188 Å². The smallest absolute Gasteiger partial charge is 0.145 e. The average Bonchev–Trinajstić information content (AvgIpc) is 4.08. The van der Waals surface area contributed by atoms with Crippen LogP contribution >= 0.6 is 11.3 Å². The average molecular weight is 870 g/mol. The summed E-state index contributed by atoms with van der Waals surface area (Å²) in [4.78, 5) is 10.9. The van der Waals surface area contributed by atoms with Crippen molar-refractivity contribution in [1.29, 1.82) is 0 Å². The van der Waals surface area contributed by atoms with Crippen molar-refractivity contribution in [2.45, 2.75) is 5.41 Å². The topological polar surface area (TPSA) is 30.7 Å². The van der Waals surface area contributed by atoms with Crippen LogP contribution in [0, 0.1) is 0 Å². The highest BCUT2D eigenvalue weighted by Gasteiger charge is 2.46. The Morgan fingerprint density at radius 3 is 1.76 bits per heavy atom. The van der Waals surface area contributed by atoms with Crippen molar-refractivity contribution in [1.82, 2.24) is 14.5 Å². The zero-order chi connectivity index (χ0) is 44.1. The van der Waals surface area contributed by atoms with Gasteiger partial charge in [0.1, 0.15) is 5.82 Å². The van der Waals surface area contributed by atoms with Crippen LogP contribution in [0.1, 0.15) is 22.3 Å². The molecule has 0 N–H and O–H groups in total. The van der Waals surface area contributed by atoms with Crippen molar-refractivity contribution in [3.05, 3.63) is 259 Å². The van der Waals surface area contributed by atoms with Gasteiger partial charge < -0.3 is 0 Å². The largest absolute Gasteiger partial charge is 0.292 e. The Labute approximate surface area is 391 Å². The molecule has 0 radical (unpaired) electrons. The van der Waals surface area contributed by atoms with Gasteiger partial charge in [-0.15, -0.1) is 11.3 Å². The van der Waals surface area contributed by atoms with Crippen molar-refractivity contribution in [3.8, 4) is 50.6 Å². The predicted molar refractivity (Wildman–Crippen MR) is 280 cm³/mol. The number of imidazole rings is 1. The van der Waals surface area contributed by atoms with Crippen LogP contribution in [0.5, 0.6) is 0 Å². The fraction of sp³-hybridized carbons (Fsp3) is 0.0159. The molecular formula is C63H39N3S. The van der Waals surface area contributed by atoms with E-state index in [2.05, 4.69) is 241 Å². The van der Waals surface area contributed by atoms with Crippen molar-refractivity contribution in [3.63, 3.8) is 0 Å². The number of nitrogens with zero attached hydrogens (tertiary/aromatic N) is 3. The number of pyridine rings is 1. The summed E-state index contributed by atoms with van der Waals surface area (Å²) >= 11 is 1.88. The van der Waals surface area contributed by atoms with E-state index >= 15 is 0 Å². The van der Waals surface area contributed by atoms with E-state index in [1.165, 1.54) is 64.5 Å². The molecule has 14 rings (SSSR count). The first-order valence-electron chi connectivity index (χ1n) is 22.9. The van der Waals surface area contributed by atoms with E-state index in [1.807, 2.05) is 11.3 Å². The number of hydrogen-bond donors (Lipinski definition) is 0.